The normalized spacial score (nSPS) is 18.8. The Kier molecular flexibility index (Phi) is 5.66. The third-order valence-corrected chi connectivity index (χ3v) is 7.84. The van der Waals surface area contributed by atoms with E-state index < -0.39 is 0 Å². The lowest BCUT2D eigenvalue weighted by molar-refractivity contribution is 0.310. The van der Waals surface area contributed by atoms with Gasteiger partial charge in [0.15, 0.2) is 0 Å². The van der Waals surface area contributed by atoms with Gasteiger partial charge in [0.2, 0.25) is 0 Å². The first kappa shape index (κ1) is 23.0. The molecule has 0 radical (unpaired) electrons. The molecular formula is C31H31N7. The lowest BCUT2D eigenvalue weighted by atomic mass is 9.86. The van der Waals surface area contributed by atoms with E-state index in [1.165, 1.54) is 27.8 Å². The molecule has 7 nitrogen and oxygen atoms in total. The van der Waals surface area contributed by atoms with Crippen LogP contribution in [-0.2, 0) is 19.5 Å². The van der Waals surface area contributed by atoms with E-state index in [0.717, 1.165) is 72.9 Å². The molecule has 1 N–H and O–H groups in total. The molecule has 0 amide bonds. The summed E-state index contributed by atoms with van der Waals surface area (Å²) < 4.78 is 1.97. The number of hydrogen-bond acceptors (Lipinski definition) is 6. The molecule has 10 bridgehead atoms. The van der Waals surface area contributed by atoms with Gasteiger partial charge in [-0.2, -0.15) is 0 Å². The number of pyridine rings is 1. The van der Waals surface area contributed by atoms with Gasteiger partial charge in [-0.3, -0.25) is 14.7 Å². The maximum absolute atomic E-state index is 5.03. The maximum Gasteiger partial charge on any atom is 0.113 e. The van der Waals surface area contributed by atoms with Crippen molar-refractivity contribution in [3.05, 3.63) is 95.1 Å². The fourth-order valence-electron chi connectivity index (χ4n) is 6.00. The average Bonchev–Trinajstić information content (AvgIpc) is 3.40. The summed E-state index contributed by atoms with van der Waals surface area (Å²) in [7, 11) is 2.17. The Bertz CT molecular complexity index is 1600. The SMILES string of the molecule is C[C@@H]1C=C2Nc3cccc(c31)-c1cn(nn1)CCCN(C)Cc1cncc(c1)-c1ccc3c(c1)C2=NCC3. The highest BCUT2D eigenvalue weighted by Gasteiger charge is 2.26. The summed E-state index contributed by atoms with van der Waals surface area (Å²) in [6, 6.07) is 15.5. The Morgan fingerprint density at radius 1 is 1.00 bits per heavy atom. The quantitative estimate of drug-likeness (QED) is 0.354. The van der Waals surface area contributed by atoms with Crippen molar-refractivity contribution in [1.29, 1.82) is 0 Å². The van der Waals surface area contributed by atoms with Gasteiger partial charge in [-0.05, 0) is 66.9 Å². The minimum absolute atomic E-state index is 0.207. The number of benzene rings is 2. The molecule has 0 saturated heterocycles. The van der Waals surface area contributed by atoms with Crippen LogP contribution in [0, 0.1) is 0 Å². The molecule has 0 aliphatic carbocycles. The molecule has 0 unspecified atom stereocenters. The number of rotatable bonds is 0. The Labute approximate surface area is 222 Å². The van der Waals surface area contributed by atoms with E-state index in [2.05, 4.69) is 94.2 Å². The predicted molar refractivity (Wildman–Crippen MR) is 151 cm³/mol. The van der Waals surface area contributed by atoms with Crippen LogP contribution in [0.2, 0.25) is 0 Å². The van der Waals surface area contributed by atoms with Crippen LogP contribution in [0.15, 0.2) is 77.8 Å². The highest BCUT2D eigenvalue weighted by Crippen LogP contribution is 2.40. The number of aryl methyl sites for hydroxylation is 1. The van der Waals surface area contributed by atoms with Crippen LogP contribution in [0.25, 0.3) is 22.4 Å². The van der Waals surface area contributed by atoms with Crippen LogP contribution < -0.4 is 5.32 Å². The highest BCUT2D eigenvalue weighted by molar-refractivity contribution is 6.16. The lowest BCUT2D eigenvalue weighted by Gasteiger charge is -2.28. The van der Waals surface area contributed by atoms with Crippen LogP contribution in [0.5, 0.6) is 0 Å². The largest absolute Gasteiger partial charge is 0.354 e. The minimum Gasteiger partial charge on any atom is -0.354 e. The highest BCUT2D eigenvalue weighted by atomic mass is 15.4. The van der Waals surface area contributed by atoms with Crippen LogP contribution in [0.4, 0.5) is 5.69 Å². The summed E-state index contributed by atoms with van der Waals surface area (Å²) in [4.78, 5) is 12.0. The van der Waals surface area contributed by atoms with Crippen LogP contribution >= 0.6 is 0 Å². The van der Waals surface area contributed by atoms with E-state index in [0.29, 0.717) is 0 Å². The number of fused-ring (bicyclic) bond motifs is 5. The van der Waals surface area contributed by atoms with E-state index in [-0.39, 0.29) is 5.92 Å². The lowest BCUT2D eigenvalue weighted by Crippen LogP contribution is -2.23. The Balaban J connectivity index is 1.36. The van der Waals surface area contributed by atoms with Crippen molar-refractivity contribution >= 4 is 11.4 Å². The second-order valence-electron chi connectivity index (χ2n) is 10.7. The van der Waals surface area contributed by atoms with Crippen molar-refractivity contribution in [1.82, 2.24) is 24.9 Å². The van der Waals surface area contributed by atoms with Crippen molar-refractivity contribution in [2.24, 2.45) is 4.99 Å². The molecule has 190 valence electrons. The van der Waals surface area contributed by atoms with E-state index in [1.807, 2.05) is 17.1 Å². The van der Waals surface area contributed by atoms with Crippen LogP contribution in [0.1, 0.15) is 41.5 Å². The third-order valence-electron chi connectivity index (χ3n) is 7.84. The molecule has 0 spiro atoms. The van der Waals surface area contributed by atoms with E-state index in [9.17, 15) is 0 Å². The summed E-state index contributed by atoms with van der Waals surface area (Å²) >= 11 is 0. The van der Waals surface area contributed by atoms with Crippen LogP contribution in [-0.4, -0.2) is 50.7 Å². The number of nitrogens with zero attached hydrogens (tertiary/aromatic N) is 6. The molecule has 2 aromatic carbocycles. The second kappa shape index (κ2) is 9.33. The predicted octanol–water partition coefficient (Wildman–Crippen LogP) is 5.30. The zero-order valence-corrected chi connectivity index (χ0v) is 21.9. The number of aliphatic imine (C=N–C) groups is 1. The van der Waals surface area contributed by atoms with E-state index in [4.69, 9.17) is 4.99 Å². The number of nitrogens with one attached hydrogen (secondary N) is 1. The van der Waals surface area contributed by atoms with E-state index in [1.54, 1.807) is 0 Å². The second-order valence-corrected chi connectivity index (χ2v) is 10.7. The summed E-state index contributed by atoms with van der Waals surface area (Å²) in [6.45, 7) is 5.71. The van der Waals surface area contributed by atoms with E-state index >= 15 is 0 Å². The number of anilines is 1. The van der Waals surface area contributed by atoms with Crippen molar-refractivity contribution in [3.63, 3.8) is 0 Å². The molecule has 4 aliphatic rings. The monoisotopic (exact) mass is 501 g/mol. The maximum atomic E-state index is 5.03. The number of allylic oxidation sites excluding steroid dienone is 2. The van der Waals surface area contributed by atoms with Crippen molar-refractivity contribution in [2.75, 3.05) is 25.5 Å². The molecule has 1 atom stereocenters. The van der Waals surface area contributed by atoms with Gasteiger partial charge in [0.1, 0.15) is 5.69 Å². The summed E-state index contributed by atoms with van der Waals surface area (Å²) in [5.41, 5.74) is 12.6. The molecular weight excluding hydrogens is 470 g/mol. The first-order valence-corrected chi connectivity index (χ1v) is 13.5. The van der Waals surface area contributed by atoms with Gasteiger partial charge in [-0.25, -0.2) is 0 Å². The minimum atomic E-state index is 0.207. The molecule has 0 saturated carbocycles. The molecule has 38 heavy (non-hydrogen) atoms. The van der Waals surface area contributed by atoms with Gasteiger partial charge in [0.05, 0.1) is 17.6 Å². The summed E-state index contributed by atoms with van der Waals surface area (Å²) in [6.07, 6.45) is 10.3. The van der Waals surface area contributed by atoms with Gasteiger partial charge in [0.25, 0.3) is 0 Å². The molecule has 6 heterocycles. The fourth-order valence-corrected chi connectivity index (χ4v) is 6.00. The Hall–Kier alpha value is -4.10. The molecule has 4 aliphatic heterocycles. The first-order valence-electron chi connectivity index (χ1n) is 13.5. The number of hydrogen-bond donors (Lipinski definition) is 1. The van der Waals surface area contributed by atoms with Gasteiger partial charge >= 0.3 is 0 Å². The van der Waals surface area contributed by atoms with Gasteiger partial charge < -0.3 is 10.2 Å². The number of aromatic nitrogens is 4. The molecule has 2 aromatic heterocycles. The third kappa shape index (κ3) is 4.13. The van der Waals surface area contributed by atoms with Crippen LogP contribution in [0.3, 0.4) is 0 Å². The summed E-state index contributed by atoms with van der Waals surface area (Å²) in [5, 5.41) is 12.7. The van der Waals surface area contributed by atoms with Crippen molar-refractivity contribution in [2.45, 2.75) is 38.8 Å². The Morgan fingerprint density at radius 3 is 2.89 bits per heavy atom. The average molecular weight is 502 g/mol. The zero-order valence-electron chi connectivity index (χ0n) is 21.9. The fraction of sp³-hybridized carbons (Fsp3) is 0.290. The van der Waals surface area contributed by atoms with Crippen molar-refractivity contribution < 1.29 is 0 Å². The molecule has 7 heteroatoms. The molecule has 0 fully saturated rings. The standard InChI is InChI=1S/C31H31N7/c1-20-13-28-31-26-15-23(8-7-22(26)9-10-33-31)24-14-21(16-32-17-24)18-37(2)11-4-12-38-19-29(35-36-38)25-5-3-6-27(34-28)30(20)25/h3,5-8,13-17,19-20,34H,4,9-12,18H2,1-2H3/t20-/m1/s1. The summed E-state index contributed by atoms with van der Waals surface area (Å²) in [5.74, 6) is 0.207. The smallest absolute Gasteiger partial charge is 0.113 e. The van der Waals surface area contributed by atoms with Crippen molar-refractivity contribution in [3.8, 4) is 22.4 Å². The zero-order chi connectivity index (χ0) is 25.6. The van der Waals surface area contributed by atoms with Gasteiger partial charge in [0, 0.05) is 60.3 Å². The van der Waals surface area contributed by atoms with Gasteiger partial charge in [-0.1, -0.05) is 42.5 Å². The molecule has 8 rings (SSSR count). The first-order chi connectivity index (χ1) is 18.6. The topological polar surface area (TPSA) is 71.2 Å². The Morgan fingerprint density at radius 2 is 1.95 bits per heavy atom. The molecule has 4 aromatic rings. The van der Waals surface area contributed by atoms with Gasteiger partial charge in [-0.15, -0.1) is 5.10 Å².